The molecule has 0 aliphatic rings. The predicted octanol–water partition coefficient (Wildman–Crippen LogP) is 2.34. The highest BCUT2D eigenvalue weighted by Gasteiger charge is 2.19. The molecule has 0 bridgehead atoms. The zero-order chi connectivity index (χ0) is 16.4. The van der Waals surface area contributed by atoms with Gasteiger partial charge in [0.05, 0.1) is 23.1 Å². The number of fused-ring (bicyclic) bond motifs is 1. The zero-order valence-corrected chi connectivity index (χ0v) is 13.8. The number of rotatable bonds is 4. The molecule has 0 aliphatic carbocycles. The summed E-state index contributed by atoms with van der Waals surface area (Å²) in [4.78, 5) is 17.9. The Morgan fingerprint density at radius 2 is 1.96 bits per heavy atom. The lowest BCUT2D eigenvalue weighted by Crippen LogP contribution is -2.84. The Kier molecular flexibility index (Phi) is 4.26. The molecule has 1 atom stereocenters. The highest BCUT2D eigenvalue weighted by Crippen LogP contribution is 2.17. The summed E-state index contributed by atoms with van der Waals surface area (Å²) in [5.41, 5.74) is 2.75. The van der Waals surface area contributed by atoms with Crippen LogP contribution in [0.4, 0.5) is 0 Å². The molecule has 23 heavy (non-hydrogen) atoms. The third kappa shape index (κ3) is 2.90. The maximum Gasteiger partial charge on any atom is 0.266 e. The topological polar surface area (TPSA) is 51.5 Å². The number of hydrogen-bond acceptors (Lipinski definition) is 2. The molecule has 1 aromatic heterocycles. The molecule has 0 fully saturated rings. The molecule has 4 heteroatoms. The Hall–Kier alpha value is -2.46. The fourth-order valence-corrected chi connectivity index (χ4v) is 2.93. The van der Waals surface area contributed by atoms with E-state index in [-0.39, 0.29) is 11.6 Å². The molecule has 0 aliphatic heterocycles. The van der Waals surface area contributed by atoms with E-state index in [2.05, 4.69) is 19.2 Å². The van der Waals surface area contributed by atoms with E-state index >= 15 is 0 Å². The predicted molar refractivity (Wildman–Crippen MR) is 93.0 cm³/mol. The molecule has 0 unspecified atom stereocenters. The van der Waals surface area contributed by atoms with Crippen LogP contribution in [-0.4, -0.2) is 16.1 Å². The maximum atomic E-state index is 13.1. The number of aromatic nitrogens is 2. The van der Waals surface area contributed by atoms with E-state index in [1.54, 1.807) is 4.57 Å². The first kappa shape index (κ1) is 15.4. The lowest BCUT2D eigenvalue weighted by atomic mass is 10.1. The quantitative estimate of drug-likeness (QED) is 0.804. The number of para-hydroxylation sites is 1. The van der Waals surface area contributed by atoms with Gasteiger partial charge in [-0.25, -0.2) is 4.98 Å². The van der Waals surface area contributed by atoms with Crippen LogP contribution in [0.15, 0.2) is 53.3 Å². The monoisotopic (exact) mass is 308 g/mol. The lowest BCUT2D eigenvalue weighted by molar-refractivity contribution is -0.691. The molecular weight excluding hydrogens is 286 g/mol. The zero-order valence-electron chi connectivity index (χ0n) is 13.8. The number of nitrogens with two attached hydrogens (primary N) is 1. The van der Waals surface area contributed by atoms with E-state index in [1.165, 1.54) is 0 Å². The Labute approximate surface area is 135 Å². The van der Waals surface area contributed by atoms with Crippen LogP contribution < -0.4 is 10.9 Å². The van der Waals surface area contributed by atoms with Gasteiger partial charge in [-0.05, 0) is 50.6 Å². The highest BCUT2D eigenvalue weighted by atomic mass is 16.1. The van der Waals surface area contributed by atoms with Crippen LogP contribution in [0, 0.1) is 6.92 Å². The van der Waals surface area contributed by atoms with Crippen LogP contribution >= 0.6 is 0 Å². The van der Waals surface area contributed by atoms with Crippen LogP contribution in [-0.2, 0) is 0 Å². The fourth-order valence-electron chi connectivity index (χ4n) is 2.93. The van der Waals surface area contributed by atoms with Crippen molar-refractivity contribution in [2.24, 2.45) is 0 Å². The van der Waals surface area contributed by atoms with Crippen LogP contribution in [0.25, 0.3) is 16.6 Å². The molecule has 0 amide bonds. The molecule has 3 rings (SSSR count). The summed E-state index contributed by atoms with van der Waals surface area (Å²) in [5, 5.41) is 2.84. The average molecular weight is 308 g/mol. The first-order valence-corrected chi connectivity index (χ1v) is 8.04. The van der Waals surface area contributed by atoms with Gasteiger partial charge in [0, 0.05) is 0 Å². The number of nitrogens with zero attached hydrogens (tertiary/aromatic N) is 2. The van der Waals surface area contributed by atoms with Crippen LogP contribution in [0.1, 0.15) is 31.3 Å². The number of aryl methyl sites for hydroxylation is 1. The molecule has 0 radical (unpaired) electrons. The third-order valence-corrected chi connectivity index (χ3v) is 4.06. The van der Waals surface area contributed by atoms with Gasteiger partial charge >= 0.3 is 0 Å². The Morgan fingerprint density at radius 3 is 2.70 bits per heavy atom. The Morgan fingerprint density at radius 1 is 1.17 bits per heavy atom. The van der Waals surface area contributed by atoms with Crippen molar-refractivity contribution in [3.63, 3.8) is 0 Å². The van der Waals surface area contributed by atoms with Gasteiger partial charge in [-0.3, -0.25) is 9.36 Å². The molecule has 118 valence electrons. The summed E-state index contributed by atoms with van der Waals surface area (Å²) < 4.78 is 1.76. The van der Waals surface area contributed by atoms with Gasteiger partial charge in [0.15, 0.2) is 5.82 Å². The lowest BCUT2D eigenvalue weighted by Gasteiger charge is -2.17. The van der Waals surface area contributed by atoms with Crippen molar-refractivity contribution in [2.45, 2.75) is 26.8 Å². The van der Waals surface area contributed by atoms with Crippen molar-refractivity contribution >= 4 is 10.9 Å². The molecular formula is C19H22N3O+. The molecule has 0 spiro atoms. The van der Waals surface area contributed by atoms with Crippen molar-refractivity contribution in [2.75, 3.05) is 6.54 Å². The summed E-state index contributed by atoms with van der Waals surface area (Å²) in [7, 11) is 0. The highest BCUT2D eigenvalue weighted by molar-refractivity contribution is 5.77. The van der Waals surface area contributed by atoms with E-state index in [0.717, 1.165) is 29.1 Å². The number of quaternary nitrogens is 1. The first-order valence-electron chi connectivity index (χ1n) is 8.04. The van der Waals surface area contributed by atoms with Gasteiger partial charge in [-0.1, -0.05) is 24.3 Å². The maximum absolute atomic E-state index is 13.1. The van der Waals surface area contributed by atoms with E-state index in [0.29, 0.717) is 5.39 Å². The second-order valence-corrected chi connectivity index (χ2v) is 5.90. The minimum atomic E-state index is -0.00690. The largest absolute Gasteiger partial charge is 0.338 e. The first-order chi connectivity index (χ1) is 11.1. The molecule has 0 saturated heterocycles. The molecule has 4 nitrogen and oxygen atoms in total. The molecule has 2 N–H and O–H groups in total. The van der Waals surface area contributed by atoms with E-state index < -0.39 is 0 Å². The fraction of sp³-hybridized carbons (Fsp3) is 0.263. The van der Waals surface area contributed by atoms with Crippen molar-refractivity contribution in [3.05, 3.63) is 70.3 Å². The van der Waals surface area contributed by atoms with Gasteiger partial charge in [-0.15, -0.1) is 0 Å². The summed E-state index contributed by atoms with van der Waals surface area (Å²) in [5.74, 6) is 0.793. The van der Waals surface area contributed by atoms with E-state index in [4.69, 9.17) is 4.98 Å². The molecule has 0 saturated carbocycles. The van der Waals surface area contributed by atoms with Gasteiger partial charge in [0.2, 0.25) is 0 Å². The average Bonchev–Trinajstić information content (AvgIpc) is 2.55. The Bertz CT molecular complexity index is 899. The summed E-state index contributed by atoms with van der Waals surface area (Å²) in [6.45, 7) is 7.17. The standard InChI is InChI=1S/C19H21N3O/c1-4-20-14(3)18-21-17-11-6-5-10-16(17)19(23)22(18)15-9-7-8-13(2)12-15/h5-12,14,20H,4H2,1-3H3/p+1/t14-/m1/s1. The van der Waals surface area contributed by atoms with Gasteiger partial charge in [-0.2, -0.15) is 0 Å². The smallest absolute Gasteiger partial charge is 0.266 e. The summed E-state index contributed by atoms with van der Waals surface area (Å²) in [6.07, 6.45) is 0. The number of benzene rings is 2. The normalized spacial score (nSPS) is 12.5. The van der Waals surface area contributed by atoms with Gasteiger partial charge in [0.1, 0.15) is 6.04 Å². The Balaban J connectivity index is 2.34. The summed E-state index contributed by atoms with van der Waals surface area (Å²) in [6, 6.07) is 15.7. The van der Waals surface area contributed by atoms with Crippen LogP contribution in [0.2, 0.25) is 0 Å². The molecule has 2 aromatic carbocycles. The molecule has 3 aromatic rings. The summed E-state index contributed by atoms with van der Waals surface area (Å²) >= 11 is 0. The second-order valence-electron chi connectivity index (χ2n) is 5.90. The van der Waals surface area contributed by atoms with Crippen molar-refractivity contribution in [1.82, 2.24) is 9.55 Å². The minimum absolute atomic E-state index is 0.00690. The van der Waals surface area contributed by atoms with Gasteiger partial charge in [0.25, 0.3) is 5.56 Å². The second kappa shape index (κ2) is 6.34. The van der Waals surface area contributed by atoms with Crippen LogP contribution in [0.3, 0.4) is 0 Å². The van der Waals surface area contributed by atoms with Crippen LogP contribution in [0.5, 0.6) is 0 Å². The minimum Gasteiger partial charge on any atom is -0.338 e. The van der Waals surface area contributed by atoms with Crippen molar-refractivity contribution in [1.29, 1.82) is 0 Å². The van der Waals surface area contributed by atoms with Crippen molar-refractivity contribution < 1.29 is 5.32 Å². The van der Waals surface area contributed by atoms with Crippen molar-refractivity contribution in [3.8, 4) is 5.69 Å². The molecule has 1 heterocycles. The van der Waals surface area contributed by atoms with E-state index in [1.807, 2.05) is 55.5 Å². The SMILES string of the molecule is CC[NH2+][C@H](C)c1nc2ccccc2c(=O)n1-c1cccc(C)c1. The van der Waals surface area contributed by atoms with Gasteiger partial charge < -0.3 is 5.32 Å². The van der Waals surface area contributed by atoms with E-state index in [9.17, 15) is 4.79 Å². The third-order valence-electron chi connectivity index (χ3n) is 4.06. The number of hydrogen-bond donors (Lipinski definition) is 1.